The zero-order valence-electron chi connectivity index (χ0n) is 17.0. The summed E-state index contributed by atoms with van der Waals surface area (Å²) >= 11 is 1.11. The van der Waals surface area contributed by atoms with Crippen molar-refractivity contribution in [1.82, 2.24) is 14.9 Å². The van der Waals surface area contributed by atoms with E-state index in [1.807, 2.05) is 18.2 Å². The molecule has 4 rings (SSSR count). The quantitative estimate of drug-likeness (QED) is 0.580. The highest BCUT2D eigenvalue weighted by Crippen LogP contribution is 2.30. The minimum absolute atomic E-state index is 0.198. The topological polar surface area (TPSA) is 109 Å². The highest BCUT2D eigenvalue weighted by atomic mass is 32.1. The van der Waals surface area contributed by atoms with Crippen LogP contribution in [0.3, 0.4) is 0 Å². The number of hydrogen-bond donors (Lipinski definition) is 1. The van der Waals surface area contributed by atoms with Gasteiger partial charge in [0.05, 0.1) is 24.9 Å². The molecule has 0 spiro atoms. The number of amides is 1. The third kappa shape index (κ3) is 4.24. The molecule has 0 fully saturated rings. The second kappa shape index (κ2) is 8.76. The summed E-state index contributed by atoms with van der Waals surface area (Å²) in [7, 11) is 0. The number of nitrogens with zero attached hydrogens (tertiary/aromatic N) is 2. The van der Waals surface area contributed by atoms with E-state index in [2.05, 4.69) is 10.3 Å². The average molecular weight is 443 g/mol. The fourth-order valence-electron chi connectivity index (χ4n) is 3.27. The maximum Gasteiger partial charge on any atom is 0.348 e. The summed E-state index contributed by atoms with van der Waals surface area (Å²) in [6.07, 6.45) is 0.980. The predicted octanol–water partition coefficient (Wildman–Crippen LogP) is 1.90. The fourth-order valence-corrected chi connectivity index (χ4v) is 4.30. The van der Waals surface area contributed by atoms with E-state index in [-0.39, 0.29) is 37.3 Å². The van der Waals surface area contributed by atoms with E-state index in [9.17, 15) is 14.4 Å². The van der Waals surface area contributed by atoms with E-state index in [1.165, 1.54) is 10.9 Å². The highest BCUT2D eigenvalue weighted by Gasteiger charge is 2.23. The van der Waals surface area contributed by atoms with Crippen molar-refractivity contribution in [3.63, 3.8) is 0 Å². The normalized spacial score (nSPS) is 15.0. The lowest BCUT2D eigenvalue weighted by Gasteiger charge is -2.26. The van der Waals surface area contributed by atoms with Crippen LogP contribution in [0.25, 0.3) is 10.2 Å². The first-order valence-corrected chi connectivity index (χ1v) is 10.6. The molecule has 9 nitrogen and oxygen atoms in total. The van der Waals surface area contributed by atoms with Crippen LogP contribution in [0.1, 0.15) is 22.2 Å². The van der Waals surface area contributed by atoms with E-state index < -0.39 is 5.97 Å². The molecule has 2 aromatic heterocycles. The van der Waals surface area contributed by atoms with Gasteiger partial charge in [-0.05, 0) is 31.5 Å². The number of rotatable bonds is 6. The molecule has 162 valence electrons. The fraction of sp³-hybridized carbons (Fsp3) is 0.333. The number of aromatic nitrogens is 2. The Morgan fingerprint density at radius 1 is 1.32 bits per heavy atom. The number of carbonyl (C=O) groups is 2. The van der Waals surface area contributed by atoms with Gasteiger partial charge in [-0.15, -0.1) is 11.3 Å². The third-order valence-electron chi connectivity index (χ3n) is 4.79. The number of carbonyl (C=O) groups excluding carboxylic acids is 2. The van der Waals surface area contributed by atoms with E-state index in [1.54, 1.807) is 19.9 Å². The monoisotopic (exact) mass is 443 g/mol. The molecule has 1 amide bonds. The summed E-state index contributed by atoms with van der Waals surface area (Å²) in [5.74, 6) is 0.459. The van der Waals surface area contributed by atoms with Crippen molar-refractivity contribution < 1.29 is 23.8 Å². The molecule has 1 unspecified atom stereocenters. The summed E-state index contributed by atoms with van der Waals surface area (Å²) in [5.41, 5.74) is 0.132. The highest BCUT2D eigenvalue weighted by molar-refractivity contribution is 7.20. The Kier molecular flexibility index (Phi) is 5.90. The number of esters is 1. The molecule has 31 heavy (non-hydrogen) atoms. The maximum atomic E-state index is 12.9. The molecule has 10 heteroatoms. The minimum Gasteiger partial charge on any atom is -0.486 e. The molecule has 1 aromatic carbocycles. The number of nitrogens with one attached hydrogen (secondary N) is 1. The molecule has 1 aliphatic heterocycles. The molecule has 0 aliphatic carbocycles. The van der Waals surface area contributed by atoms with E-state index in [4.69, 9.17) is 14.2 Å². The summed E-state index contributed by atoms with van der Waals surface area (Å²) in [6.45, 7) is 3.99. The largest absolute Gasteiger partial charge is 0.486 e. The summed E-state index contributed by atoms with van der Waals surface area (Å²) in [5, 5.41) is 3.08. The van der Waals surface area contributed by atoms with Gasteiger partial charge in [0.25, 0.3) is 5.56 Å². The molecule has 1 aliphatic rings. The van der Waals surface area contributed by atoms with Crippen molar-refractivity contribution in [3.8, 4) is 11.5 Å². The zero-order valence-corrected chi connectivity index (χ0v) is 17.9. The summed E-state index contributed by atoms with van der Waals surface area (Å²) < 4.78 is 17.7. The second-order valence-corrected chi connectivity index (χ2v) is 7.94. The predicted molar refractivity (Wildman–Crippen MR) is 114 cm³/mol. The van der Waals surface area contributed by atoms with E-state index in [0.29, 0.717) is 38.8 Å². The minimum atomic E-state index is -0.483. The van der Waals surface area contributed by atoms with Gasteiger partial charge < -0.3 is 19.5 Å². The van der Waals surface area contributed by atoms with Crippen LogP contribution >= 0.6 is 11.3 Å². The number of aryl methyl sites for hydroxylation is 1. The molecular formula is C21H21N3O6S. The Morgan fingerprint density at radius 2 is 2.10 bits per heavy atom. The lowest BCUT2D eigenvalue weighted by Crippen LogP contribution is -2.42. The number of thiophene rings is 1. The number of para-hydroxylation sites is 2. The average Bonchev–Trinajstić information content (AvgIpc) is 3.11. The van der Waals surface area contributed by atoms with Gasteiger partial charge in [-0.2, -0.15) is 0 Å². The first-order valence-electron chi connectivity index (χ1n) is 9.78. The lowest BCUT2D eigenvalue weighted by molar-refractivity contribution is -0.122. The molecule has 0 saturated heterocycles. The van der Waals surface area contributed by atoms with Gasteiger partial charge in [-0.3, -0.25) is 14.2 Å². The van der Waals surface area contributed by atoms with E-state index in [0.717, 1.165) is 11.3 Å². The van der Waals surface area contributed by atoms with Crippen LogP contribution in [0.2, 0.25) is 0 Å². The van der Waals surface area contributed by atoms with Crippen LogP contribution in [0, 0.1) is 6.92 Å². The SMILES string of the molecule is CCOC(=O)c1sc2ncn(CC(=O)NCC3COc4ccccc4O3)c(=O)c2c1C. The van der Waals surface area contributed by atoms with Crippen molar-refractivity contribution in [2.45, 2.75) is 26.5 Å². The Bertz CT molecular complexity index is 1200. The molecular weight excluding hydrogens is 422 g/mol. The maximum absolute atomic E-state index is 12.9. The van der Waals surface area contributed by atoms with Crippen LogP contribution in [-0.2, 0) is 16.1 Å². The van der Waals surface area contributed by atoms with Gasteiger partial charge in [-0.1, -0.05) is 12.1 Å². The standard InChI is InChI=1S/C21H21N3O6S/c1-3-28-21(27)18-12(2)17-19(31-18)23-11-24(20(17)26)9-16(25)22-8-13-10-29-14-6-4-5-7-15(14)30-13/h4-7,11,13H,3,8-10H2,1-2H3,(H,22,25). The molecule has 1 atom stereocenters. The van der Waals surface area contributed by atoms with Gasteiger partial charge in [0.2, 0.25) is 5.91 Å². The van der Waals surface area contributed by atoms with E-state index >= 15 is 0 Å². The first-order chi connectivity index (χ1) is 15.0. The Labute approximate surface area is 181 Å². The van der Waals surface area contributed by atoms with Crippen LogP contribution in [0.4, 0.5) is 0 Å². The zero-order chi connectivity index (χ0) is 22.0. The van der Waals surface area contributed by atoms with Crippen molar-refractivity contribution in [1.29, 1.82) is 0 Å². The number of fused-ring (bicyclic) bond motifs is 2. The van der Waals surface area contributed by atoms with Crippen LogP contribution in [0.5, 0.6) is 11.5 Å². The smallest absolute Gasteiger partial charge is 0.348 e. The van der Waals surface area contributed by atoms with Crippen molar-refractivity contribution in [2.75, 3.05) is 19.8 Å². The third-order valence-corrected chi connectivity index (χ3v) is 5.97. The molecule has 0 saturated carbocycles. The van der Waals surface area contributed by atoms with Crippen LogP contribution in [-0.4, -0.2) is 47.3 Å². The molecule has 3 heterocycles. The van der Waals surface area contributed by atoms with Crippen LogP contribution in [0.15, 0.2) is 35.4 Å². The van der Waals surface area contributed by atoms with Gasteiger partial charge in [0.1, 0.15) is 29.0 Å². The number of ether oxygens (including phenoxy) is 3. The molecule has 0 bridgehead atoms. The molecule has 0 radical (unpaired) electrons. The summed E-state index contributed by atoms with van der Waals surface area (Å²) in [6, 6.07) is 7.33. The molecule has 3 aromatic rings. The van der Waals surface area contributed by atoms with Crippen molar-refractivity contribution in [3.05, 3.63) is 51.4 Å². The Morgan fingerprint density at radius 3 is 2.87 bits per heavy atom. The Hall–Kier alpha value is -3.40. The van der Waals surface area contributed by atoms with Crippen LogP contribution < -0.4 is 20.3 Å². The first kappa shape index (κ1) is 20.9. The van der Waals surface area contributed by atoms with Gasteiger partial charge >= 0.3 is 5.97 Å². The summed E-state index contributed by atoms with van der Waals surface area (Å²) in [4.78, 5) is 42.4. The molecule has 1 N–H and O–H groups in total. The van der Waals surface area contributed by atoms with Crippen molar-refractivity contribution >= 4 is 33.4 Å². The number of hydrogen-bond acceptors (Lipinski definition) is 8. The Balaban J connectivity index is 1.43. The second-order valence-electron chi connectivity index (χ2n) is 6.94. The number of benzene rings is 1. The van der Waals surface area contributed by atoms with Gasteiger partial charge in [0.15, 0.2) is 11.5 Å². The van der Waals surface area contributed by atoms with Gasteiger partial charge in [0, 0.05) is 0 Å². The van der Waals surface area contributed by atoms with Crippen molar-refractivity contribution in [2.24, 2.45) is 0 Å². The lowest BCUT2D eigenvalue weighted by atomic mass is 10.2. The van der Waals surface area contributed by atoms with Gasteiger partial charge in [-0.25, -0.2) is 9.78 Å².